The normalized spacial score (nSPS) is 10.9. The van der Waals surface area contributed by atoms with Crippen LogP contribution in [0.3, 0.4) is 0 Å². The lowest BCUT2D eigenvalue weighted by atomic mass is 10.1. The van der Waals surface area contributed by atoms with Crippen molar-refractivity contribution in [1.82, 2.24) is 5.43 Å². The first-order valence-corrected chi connectivity index (χ1v) is 7.69. The summed E-state index contributed by atoms with van der Waals surface area (Å²) < 4.78 is 5.10. The summed E-state index contributed by atoms with van der Waals surface area (Å²) in [5.74, 6) is 0.616. The molecule has 24 heavy (non-hydrogen) atoms. The number of hydrogen-bond acceptors (Lipinski definition) is 3. The van der Waals surface area contributed by atoms with Crippen LogP contribution in [0, 0.1) is 0 Å². The third-order valence-electron chi connectivity index (χ3n) is 3.74. The van der Waals surface area contributed by atoms with Gasteiger partial charge in [0.15, 0.2) is 0 Å². The number of hydrazone groups is 1. The fourth-order valence-corrected chi connectivity index (χ4v) is 2.51. The van der Waals surface area contributed by atoms with E-state index in [2.05, 4.69) is 22.7 Å². The van der Waals surface area contributed by atoms with Gasteiger partial charge in [0, 0.05) is 5.56 Å². The van der Waals surface area contributed by atoms with E-state index in [-0.39, 0.29) is 12.3 Å². The number of amides is 1. The van der Waals surface area contributed by atoms with Gasteiger partial charge < -0.3 is 4.74 Å². The SMILES string of the molecule is COc1ccc(CC(=O)N/N=C\c2cccc3ccccc23)cc1. The monoisotopic (exact) mass is 318 g/mol. The van der Waals surface area contributed by atoms with Crippen molar-refractivity contribution >= 4 is 22.9 Å². The van der Waals surface area contributed by atoms with Gasteiger partial charge in [0.05, 0.1) is 19.7 Å². The van der Waals surface area contributed by atoms with Gasteiger partial charge in [0.1, 0.15) is 5.75 Å². The number of fused-ring (bicyclic) bond motifs is 1. The Morgan fingerprint density at radius 2 is 1.79 bits per heavy atom. The van der Waals surface area contributed by atoms with E-state index < -0.39 is 0 Å². The van der Waals surface area contributed by atoms with Crippen molar-refractivity contribution in [3.63, 3.8) is 0 Å². The van der Waals surface area contributed by atoms with E-state index in [9.17, 15) is 4.79 Å². The molecular formula is C20H18N2O2. The Bertz CT molecular complexity index is 865. The molecule has 1 amide bonds. The van der Waals surface area contributed by atoms with Gasteiger partial charge in [0.2, 0.25) is 5.91 Å². The summed E-state index contributed by atoms with van der Waals surface area (Å²) in [6.45, 7) is 0. The van der Waals surface area contributed by atoms with Crippen LogP contribution in [0.15, 0.2) is 71.8 Å². The molecule has 0 aliphatic heterocycles. The number of carbonyl (C=O) groups excluding carboxylic acids is 1. The van der Waals surface area contributed by atoms with E-state index >= 15 is 0 Å². The second-order valence-electron chi connectivity index (χ2n) is 5.39. The Balaban J connectivity index is 1.63. The van der Waals surface area contributed by atoms with Crippen LogP contribution in [0.5, 0.6) is 5.75 Å². The first-order valence-electron chi connectivity index (χ1n) is 7.69. The van der Waals surface area contributed by atoms with Gasteiger partial charge in [-0.1, -0.05) is 54.6 Å². The van der Waals surface area contributed by atoms with Crippen LogP contribution in [0.4, 0.5) is 0 Å². The predicted molar refractivity (Wildman–Crippen MR) is 96.4 cm³/mol. The number of carbonyl (C=O) groups is 1. The summed E-state index contributed by atoms with van der Waals surface area (Å²) in [6.07, 6.45) is 1.95. The minimum atomic E-state index is -0.156. The minimum Gasteiger partial charge on any atom is -0.497 e. The van der Waals surface area contributed by atoms with Crippen molar-refractivity contribution in [1.29, 1.82) is 0 Å². The number of benzene rings is 3. The summed E-state index contributed by atoms with van der Waals surface area (Å²) in [5.41, 5.74) is 4.45. The molecular weight excluding hydrogens is 300 g/mol. The number of rotatable bonds is 5. The number of ether oxygens (including phenoxy) is 1. The van der Waals surface area contributed by atoms with Crippen LogP contribution in [0.2, 0.25) is 0 Å². The standard InChI is InChI=1S/C20H18N2O2/c1-24-18-11-9-15(10-12-18)13-20(23)22-21-14-17-7-4-6-16-5-2-3-8-19(16)17/h2-12,14H,13H2,1H3,(H,22,23)/b21-14-. The zero-order chi connectivity index (χ0) is 16.8. The smallest absolute Gasteiger partial charge is 0.244 e. The Labute approximate surface area is 140 Å². The van der Waals surface area contributed by atoms with E-state index in [0.29, 0.717) is 0 Å². The molecule has 0 unspecified atom stereocenters. The van der Waals surface area contributed by atoms with Crippen molar-refractivity contribution in [2.45, 2.75) is 6.42 Å². The molecule has 0 aliphatic carbocycles. The van der Waals surface area contributed by atoms with Gasteiger partial charge in [-0.3, -0.25) is 4.79 Å². The van der Waals surface area contributed by atoms with Gasteiger partial charge in [-0.05, 0) is 28.5 Å². The molecule has 3 aromatic carbocycles. The van der Waals surface area contributed by atoms with Crippen LogP contribution in [-0.4, -0.2) is 19.2 Å². The summed E-state index contributed by atoms with van der Waals surface area (Å²) in [4.78, 5) is 12.0. The van der Waals surface area contributed by atoms with Gasteiger partial charge in [-0.15, -0.1) is 0 Å². The van der Waals surface area contributed by atoms with Gasteiger partial charge in [-0.2, -0.15) is 5.10 Å². The molecule has 4 heteroatoms. The molecule has 1 N–H and O–H groups in total. The molecule has 0 atom stereocenters. The zero-order valence-corrected chi connectivity index (χ0v) is 13.4. The van der Waals surface area contributed by atoms with Crippen molar-refractivity contribution in [3.05, 3.63) is 77.9 Å². The molecule has 0 spiro atoms. The number of nitrogens with one attached hydrogen (secondary N) is 1. The highest BCUT2D eigenvalue weighted by Gasteiger charge is 2.03. The van der Waals surface area contributed by atoms with Crippen LogP contribution in [0.1, 0.15) is 11.1 Å². The lowest BCUT2D eigenvalue weighted by Crippen LogP contribution is -2.19. The van der Waals surface area contributed by atoms with Gasteiger partial charge in [-0.25, -0.2) is 5.43 Å². The third kappa shape index (κ3) is 3.79. The van der Waals surface area contributed by atoms with E-state index in [4.69, 9.17) is 4.74 Å². The maximum absolute atomic E-state index is 12.0. The molecule has 4 nitrogen and oxygen atoms in total. The molecule has 0 heterocycles. The molecule has 0 saturated heterocycles. The highest BCUT2D eigenvalue weighted by Crippen LogP contribution is 2.16. The van der Waals surface area contributed by atoms with Crippen LogP contribution < -0.4 is 10.2 Å². The number of nitrogens with zero attached hydrogens (tertiary/aromatic N) is 1. The van der Waals surface area contributed by atoms with Crippen LogP contribution in [-0.2, 0) is 11.2 Å². The van der Waals surface area contributed by atoms with E-state index in [1.54, 1.807) is 13.3 Å². The minimum absolute atomic E-state index is 0.156. The van der Waals surface area contributed by atoms with Crippen LogP contribution >= 0.6 is 0 Å². The summed E-state index contributed by atoms with van der Waals surface area (Å²) >= 11 is 0. The predicted octanol–water partition coefficient (Wildman–Crippen LogP) is 3.54. The molecule has 0 bridgehead atoms. The maximum atomic E-state index is 12.0. The number of hydrogen-bond donors (Lipinski definition) is 1. The molecule has 0 fully saturated rings. The fraction of sp³-hybridized carbons (Fsp3) is 0.100. The van der Waals surface area contributed by atoms with Crippen molar-refractivity contribution in [2.75, 3.05) is 7.11 Å². The largest absolute Gasteiger partial charge is 0.497 e. The van der Waals surface area contributed by atoms with Gasteiger partial charge in [0.25, 0.3) is 0 Å². The van der Waals surface area contributed by atoms with Gasteiger partial charge >= 0.3 is 0 Å². The first-order chi connectivity index (χ1) is 11.8. The summed E-state index contributed by atoms with van der Waals surface area (Å²) in [5, 5.41) is 6.32. The highest BCUT2D eigenvalue weighted by atomic mass is 16.5. The average molecular weight is 318 g/mol. The fourth-order valence-electron chi connectivity index (χ4n) is 2.51. The Morgan fingerprint density at radius 3 is 2.58 bits per heavy atom. The highest BCUT2D eigenvalue weighted by molar-refractivity contribution is 5.99. The molecule has 120 valence electrons. The Kier molecular flexibility index (Phi) is 4.87. The van der Waals surface area contributed by atoms with E-state index in [0.717, 1.165) is 27.6 Å². The first kappa shape index (κ1) is 15.7. The molecule has 3 rings (SSSR count). The van der Waals surface area contributed by atoms with Crippen molar-refractivity contribution < 1.29 is 9.53 Å². The van der Waals surface area contributed by atoms with E-state index in [1.807, 2.05) is 54.6 Å². The lowest BCUT2D eigenvalue weighted by molar-refractivity contribution is -0.120. The molecule has 0 saturated carbocycles. The van der Waals surface area contributed by atoms with Crippen LogP contribution in [0.25, 0.3) is 10.8 Å². The van der Waals surface area contributed by atoms with Crippen molar-refractivity contribution in [2.24, 2.45) is 5.10 Å². The van der Waals surface area contributed by atoms with E-state index in [1.165, 1.54) is 0 Å². The number of methoxy groups -OCH3 is 1. The maximum Gasteiger partial charge on any atom is 0.244 e. The quantitative estimate of drug-likeness (QED) is 0.578. The second kappa shape index (κ2) is 7.42. The average Bonchev–Trinajstić information content (AvgIpc) is 2.62. The third-order valence-corrected chi connectivity index (χ3v) is 3.74. The Morgan fingerprint density at radius 1 is 1.04 bits per heavy atom. The summed E-state index contributed by atoms with van der Waals surface area (Å²) in [6, 6.07) is 21.5. The zero-order valence-electron chi connectivity index (χ0n) is 13.4. The molecule has 0 radical (unpaired) electrons. The second-order valence-corrected chi connectivity index (χ2v) is 5.39. The Hall–Kier alpha value is -3.14. The molecule has 3 aromatic rings. The molecule has 0 aromatic heterocycles. The van der Waals surface area contributed by atoms with Crippen molar-refractivity contribution in [3.8, 4) is 5.75 Å². The lowest BCUT2D eigenvalue weighted by Gasteiger charge is -2.03. The topological polar surface area (TPSA) is 50.7 Å². The molecule has 0 aliphatic rings. The summed E-state index contributed by atoms with van der Waals surface area (Å²) in [7, 11) is 1.61.